The summed E-state index contributed by atoms with van der Waals surface area (Å²) in [6.45, 7) is 0. The first kappa shape index (κ1) is 13.8. The number of carboxylic acids is 1. The van der Waals surface area contributed by atoms with Gasteiger partial charge in [0, 0.05) is 17.6 Å². The van der Waals surface area contributed by atoms with Gasteiger partial charge in [0.05, 0.1) is 0 Å². The first-order valence-corrected chi connectivity index (χ1v) is 4.23. The summed E-state index contributed by atoms with van der Waals surface area (Å²) in [5.41, 5.74) is 1.72. The molecule has 0 heterocycles. The fourth-order valence-electron chi connectivity index (χ4n) is 0.479. The first-order valence-electron chi connectivity index (χ1n) is 2.83. The zero-order valence-electron chi connectivity index (χ0n) is 6.20. The quantitative estimate of drug-likeness (QED) is 0.456. The van der Waals surface area contributed by atoms with Gasteiger partial charge in [-0.1, -0.05) is 0 Å². The molecule has 0 saturated carbocycles. The molecule has 11 heavy (non-hydrogen) atoms. The maximum Gasteiger partial charge on any atom is 0.323 e. The first-order chi connectivity index (χ1) is 4.72. The van der Waals surface area contributed by atoms with Gasteiger partial charge in [-0.05, 0) is 18.4 Å². The van der Waals surface area contributed by atoms with E-state index in [1.807, 2.05) is 6.26 Å². The van der Waals surface area contributed by atoms with Gasteiger partial charge in [-0.3, -0.25) is 4.79 Å². The van der Waals surface area contributed by atoms with E-state index in [9.17, 15) is 4.79 Å². The Morgan fingerprint density at radius 1 is 1.73 bits per heavy atom. The molecule has 0 spiro atoms. The predicted octanol–water partition coefficient (Wildman–Crippen LogP) is -0.209. The zero-order chi connectivity index (χ0) is 7.98. The van der Waals surface area contributed by atoms with Crippen molar-refractivity contribution in [3.63, 3.8) is 0 Å². The van der Waals surface area contributed by atoms with Crippen LogP contribution in [0, 0.1) is 0 Å². The van der Waals surface area contributed by atoms with Gasteiger partial charge in [-0.15, -0.1) is 0 Å². The van der Waals surface area contributed by atoms with Crippen LogP contribution in [-0.2, 0) is 4.79 Å². The molecule has 0 aliphatic heterocycles. The van der Waals surface area contributed by atoms with Crippen molar-refractivity contribution in [1.82, 2.24) is 5.48 Å². The molecule has 1 atom stereocenters. The van der Waals surface area contributed by atoms with Crippen molar-refractivity contribution >= 4 is 35.3 Å². The average molecular weight is 238 g/mol. The minimum absolute atomic E-state index is 0. The van der Waals surface area contributed by atoms with Crippen LogP contribution in [-0.4, -0.2) is 51.9 Å². The fraction of sp³-hybridized carbons (Fsp3) is 0.800. The molecular formula is C5H11GeNO3S. The largest absolute Gasteiger partial charge is 0.480 e. The third kappa shape index (κ3) is 6.67. The van der Waals surface area contributed by atoms with E-state index < -0.39 is 12.0 Å². The second-order valence-corrected chi connectivity index (χ2v) is 2.79. The summed E-state index contributed by atoms with van der Waals surface area (Å²) in [4.78, 5) is 10.2. The van der Waals surface area contributed by atoms with Crippen LogP contribution >= 0.6 is 11.8 Å². The van der Waals surface area contributed by atoms with Gasteiger partial charge in [0.1, 0.15) is 6.04 Å². The zero-order valence-corrected chi connectivity index (χ0v) is 9.12. The third-order valence-corrected chi connectivity index (χ3v) is 1.71. The standard InChI is InChI=1S/C5H11NO3S.Ge/c1-10-3-2-4(6-9)5(7)8;/h4,6,9H,2-3H2,1H3,(H,7,8);/t4-;/m0./s1. The van der Waals surface area contributed by atoms with Crippen LogP contribution in [0.25, 0.3) is 0 Å². The van der Waals surface area contributed by atoms with Crippen LogP contribution in [0.4, 0.5) is 0 Å². The maximum atomic E-state index is 10.2. The van der Waals surface area contributed by atoms with E-state index in [4.69, 9.17) is 10.3 Å². The molecule has 6 heteroatoms. The van der Waals surface area contributed by atoms with E-state index >= 15 is 0 Å². The summed E-state index contributed by atoms with van der Waals surface area (Å²) >= 11 is 1.55. The molecule has 3 N–H and O–H groups in total. The summed E-state index contributed by atoms with van der Waals surface area (Å²) < 4.78 is 0. The molecule has 0 aliphatic carbocycles. The Morgan fingerprint density at radius 3 is 2.55 bits per heavy atom. The smallest absolute Gasteiger partial charge is 0.323 e. The number of hydrogen-bond acceptors (Lipinski definition) is 4. The molecule has 0 aliphatic rings. The van der Waals surface area contributed by atoms with Crippen molar-refractivity contribution in [1.29, 1.82) is 0 Å². The van der Waals surface area contributed by atoms with Crippen LogP contribution in [0.1, 0.15) is 6.42 Å². The number of aliphatic carboxylic acids is 1. The average Bonchev–Trinajstić information content (AvgIpc) is 1.89. The van der Waals surface area contributed by atoms with Crippen molar-refractivity contribution in [3.05, 3.63) is 0 Å². The molecule has 0 fully saturated rings. The molecule has 0 aromatic carbocycles. The Morgan fingerprint density at radius 2 is 2.27 bits per heavy atom. The Balaban J connectivity index is 0. The van der Waals surface area contributed by atoms with Crippen molar-refractivity contribution in [2.75, 3.05) is 12.0 Å². The number of nitrogens with one attached hydrogen (secondary N) is 1. The Labute approximate surface area is 80.7 Å². The molecular weight excluding hydrogens is 227 g/mol. The molecule has 0 unspecified atom stereocenters. The van der Waals surface area contributed by atoms with Crippen LogP contribution < -0.4 is 5.48 Å². The summed E-state index contributed by atoms with van der Waals surface area (Å²) in [5, 5.41) is 16.7. The van der Waals surface area contributed by atoms with Crippen molar-refractivity contribution in [2.45, 2.75) is 12.5 Å². The Kier molecular flexibility index (Phi) is 10.5. The van der Waals surface area contributed by atoms with Crippen molar-refractivity contribution < 1.29 is 15.1 Å². The van der Waals surface area contributed by atoms with E-state index in [-0.39, 0.29) is 17.6 Å². The summed E-state index contributed by atoms with van der Waals surface area (Å²) in [6.07, 6.45) is 2.32. The minimum atomic E-state index is -1.02. The van der Waals surface area contributed by atoms with Gasteiger partial charge in [-0.25, -0.2) is 0 Å². The minimum Gasteiger partial charge on any atom is -0.480 e. The van der Waals surface area contributed by atoms with Gasteiger partial charge in [0.25, 0.3) is 0 Å². The molecule has 0 rings (SSSR count). The fourth-order valence-corrected chi connectivity index (χ4v) is 0.950. The van der Waals surface area contributed by atoms with Gasteiger partial charge in [-0.2, -0.15) is 17.2 Å². The number of rotatable bonds is 5. The Hall–Kier alpha value is 0.283. The van der Waals surface area contributed by atoms with Crippen molar-refractivity contribution in [3.8, 4) is 0 Å². The van der Waals surface area contributed by atoms with Crippen LogP contribution in [0.3, 0.4) is 0 Å². The van der Waals surface area contributed by atoms with Gasteiger partial charge >= 0.3 is 5.97 Å². The normalized spacial score (nSPS) is 11.8. The van der Waals surface area contributed by atoms with Crippen LogP contribution in [0.15, 0.2) is 0 Å². The Bertz CT molecular complexity index is 114. The second kappa shape index (κ2) is 8.38. The van der Waals surface area contributed by atoms with Crippen molar-refractivity contribution in [2.24, 2.45) is 0 Å². The molecule has 0 aromatic rings. The summed E-state index contributed by atoms with van der Waals surface area (Å²) in [7, 11) is 0. The molecule has 4 radical (unpaired) electrons. The molecule has 0 bridgehead atoms. The van der Waals surface area contributed by atoms with E-state index in [0.29, 0.717) is 6.42 Å². The summed E-state index contributed by atoms with van der Waals surface area (Å²) in [6, 6.07) is -0.826. The predicted molar refractivity (Wildman–Crippen MR) is 45.1 cm³/mol. The van der Waals surface area contributed by atoms with Gasteiger partial charge in [0.15, 0.2) is 0 Å². The number of carbonyl (C=O) groups is 1. The topological polar surface area (TPSA) is 69.6 Å². The molecule has 0 saturated heterocycles. The summed E-state index contributed by atoms with van der Waals surface area (Å²) in [5.74, 6) is -0.290. The van der Waals surface area contributed by atoms with E-state index in [1.165, 1.54) is 0 Å². The maximum absolute atomic E-state index is 10.2. The number of carboxylic acid groups (broad SMARTS) is 1. The SMILES string of the molecule is CSCC[C@H](NO)C(=O)O.[Ge]. The van der Waals surface area contributed by atoms with Gasteiger partial charge < -0.3 is 10.3 Å². The molecule has 64 valence electrons. The van der Waals surface area contributed by atoms with E-state index in [0.717, 1.165) is 5.75 Å². The van der Waals surface area contributed by atoms with Crippen LogP contribution in [0.5, 0.6) is 0 Å². The molecule has 0 aromatic heterocycles. The number of hydroxylamine groups is 1. The monoisotopic (exact) mass is 239 g/mol. The molecule has 0 amide bonds. The van der Waals surface area contributed by atoms with E-state index in [2.05, 4.69) is 0 Å². The third-order valence-electron chi connectivity index (χ3n) is 1.06. The van der Waals surface area contributed by atoms with E-state index in [1.54, 1.807) is 17.2 Å². The second-order valence-electron chi connectivity index (χ2n) is 1.80. The van der Waals surface area contributed by atoms with Gasteiger partial charge in [0.2, 0.25) is 0 Å². The number of thioether (sulfide) groups is 1. The van der Waals surface area contributed by atoms with Crippen LogP contribution in [0.2, 0.25) is 0 Å². The number of hydrogen-bond donors (Lipinski definition) is 3. The molecule has 4 nitrogen and oxygen atoms in total.